The summed E-state index contributed by atoms with van der Waals surface area (Å²) in [4.78, 5) is 24.3. The number of carbonyl (C=O) groups is 2. The third kappa shape index (κ3) is 5.75. The van der Waals surface area contributed by atoms with Gasteiger partial charge in [-0.1, -0.05) is 63.2 Å². The van der Waals surface area contributed by atoms with Gasteiger partial charge in [-0.15, -0.1) is 0 Å². The molecule has 30 heavy (non-hydrogen) atoms. The van der Waals surface area contributed by atoms with Crippen LogP contribution in [0.2, 0.25) is 0 Å². The van der Waals surface area contributed by atoms with Gasteiger partial charge in [0.25, 0.3) is 11.8 Å². The van der Waals surface area contributed by atoms with Gasteiger partial charge in [-0.25, -0.2) is 10.9 Å². The Balaban J connectivity index is 1.46. The van der Waals surface area contributed by atoms with Gasteiger partial charge in [0.1, 0.15) is 0 Å². The Morgan fingerprint density at radius 1 is 1.10 bits per heavy atom. The van der Waals surface area contributed by atoms with Crippen LogP contribution in [0, 0.1) is 5.92 Å². The van der Waals surface area contributed by atoms with Crippen molar-refractivity contribution in [3.8, 4) is 0 Å². The molecule has 0 aliphatic carbocycles. The van der Waals surface area contributed by atoms with Crippen LogP contribution in [0.3, 0.4) is 0 Å². The molecule has 4 N–H and O–H groups in total. The first-order chi connectivity index (χ1) is 14.3. The van der Waals surface area contributed by atoms with E-state index in [1.54, 1.807) is 18.3 Å². The van der Waals surface area contributed by atoms with Crippen molar-refractivity contribution in [2.45, 2.75) is 32.2 Å². The van der Waals surface area contributed by atoms with Crippen molar-refractivity contribution >= 4 is 18.0 Å². The molecule has 1 saturated heterocycles. The van der Waals surface area contributed by atoms with Crippen molar-refractivity contribution in [2.24, 2.45) is 11.0 Å². The third-order valence-corrected chi connectivity index (χ3v) is 5.06. The summed E-state index contributed by atoms with van der Waals surface area (Å²) in [5, 5.41) is 6.68. The molecule has 2 aromatic carbocycles. The van der Waals surface area contributed by atoms with E-state index in [1.165, 1.54) is 0 Å². The highest BCUT2D eigenvalue weighted by molar-refractivity contribution is 5.96. The number of carbonyl (C=O) groups excluding carboxylic acids is 2. The molecule has 7 nitrogen and oxygen atoms in total. The summed E-state index contributed by atoms with van der Waals surface area (Å²) in [5.41, 5.74) is 11.7. The summed E-state index contributed by atoms with van der Waals surface area (Å²) >= 11 is 0. The van der Waals surface area contributed by atoms with Crippen LogP contribution in [0.25, 0.3) is 0 Å². The highest BCUT2D eigenvalue weighted by atomic mass is 16.2. The Bertz CT molecular complexity index is 888. The van der Waals surface area contributed by atoms with E-state index in [0.29, 0.717) is 12.1 Å². The second-order valence-corrected chi connectivity index (χ2v) is 8.40. The Morgan fingerprint density at radius 3 is 2.47 bits per heavy atom. The van der Waals surface area contributed by atoms with E-state index < -0.39 is 0 Å². The fourth-order valence-corrected chi connectivity index (χ4v) is 3.27. The molecular formula is C23H29N5O2. The van der Waals surface area contributed by atoms with E-state index >= 15 is 0 Å². The molecular weight excluding hydrogens is 378 g/mol. The highest BCUT2D eigenvalue weighted by Gasteiger charge is 2.26. The first kappa shape index (κ1) is 21.7. The molecule has 1 aliphatic heterocycles. The summed E-state index contributed by atoms with van der Waals surface area (Å²) in [6.07, 6.45) is 1.72. The van der Waals surface area contributed by atoms with Gasteiger partial charge in [-0.05, 0) is 28.7 Å². The van der Waals surface area contributed by atoms with Gasteiger partial charge >= 0.3 is 0 Å². The number of hydrazine groups is 1. The zero-order valence-corrected chi connectivity index (χ0v) is 17.6. The van der Waals surface area contributed by atoms with Gasteiger partial charge < -0.3 is 5.32 Å². The normalized spacial score (nSPS) is 19.0. The lowest BCUT2D eigenvalue weighted by atomic mass is 9.87. The number of rotatable bonds is 6. The Kier molecular flexibility index (Phi) is 6.97. The molecule has 1 fully saturated rings. The van der Waals surface area contributed by atoms with Gasteiger partial charge in [0.15, 0.2) is 0 Å². The molecule has 2 unspecified atom stereocenters. The van der Waals surface area contributed by atoms with Gasteiger partial charge in [-0.2, -0.15) is 5.10 Å². The summed E-state index contributed by atoms with van der Waals surface area (Å²) in [6, 6.07) is 17.6. The summed E-state index contributed by atoms with van der Waals surface area (Å²) < 4.78 is 0. The summed E-state index contributed by atoms with van der Waals surface area (Å²) in [5.74, 6) is -0.562. The summed E-state index contributed by atoms with van der Waals surface area (Å²) in [6.45, 7) is 6.92. The van der Waals surface area contributed by atoms with Crippen molar-refractivity contribution in [2.75, 3.05) is 13.1 Å². The number of hydrogen-bond donors (Lipinski definition) is 4. The lowest BCUT2D eigenvalue weighted by Crippen LogP contribution is -2.35. The number of benzene rings is 2. The molecule has 2 aromatic rings. The van der Waals surface area contributed by atoms with Crippen LogP contribution in [-0.2, 0) is 10.2 Å². The number of nitrogens with one attached hydrogen (secondary N) is 4. The Hall–Kier alpha value is -3.03. The average molecular weight is 408 g/mol. The number of amides is 2. The summed E-state index contributed by atoms with van der Waals surface area (Å²) in [7, 11) is 0. The molecule has 0 saturated carbocycles. The predicted molar refractivity (Wildman–Crippen MR) is 118 cm³/mol. The molecule has 7 heteroatoms. The molecule has 3 rings (SSSR count). The minimum absolute atomic E-state index is 0.0246. The molecule has 1 aliphatic rings. The topological polar surface area (TPSA) is 94.6 Å². The fraction of sp³-hybridized carbons (Fsp3) is 0.348. The first-order valence-electron chi connectivity index (χ1n) is 10.1. The van der Waals surface area contributed by atoms with Crippen LogP contribution < -0.4 is 21.6 Å². The van der Waals surface area contributed by atoms with Crippen LogP contribution in [0.15, 0.2) is 59.7 Å². The van der Waals surface area contributed by atoms with E-state index in [4.69, 9.17) is 0 Å². The standard InChI is InChI=1S/C23H29N5O2/c1-23(2,3)19-11-9-17(10-12-19)22(30)24-15-20(29)27-25-13-18-14-26-28-21(18)16-7-5-4-6-8-16/h4-13,18,21,26,28H,14-15H2,1-3H3,(H,24,30)(H,27,29)/b25-13+. The van der Waals surface area contributed by atoms with Gasteiger partial charge in [0, 0.05) is 24.2 Å². The minimum Gasteiger partial charge on any atom is -0.343 e. The van der Waals surface area contributed by atoms with Crippen LogP contribution in [0.1, 0.15) is 48.3 Å². The van der Waals surface area contributed by atoms with E-state index in [2.05, 4.69) is 47.5 Å². The van der Waals surface area contributed by atoms with Crippen molar-refractivity contribution in [1.29, 1.82) is 0 Å². The molecule has 2 atom stereocenters. The van der Waals surface area contributed by atoms with E-state index in [0.717, 1.165) is 11.1 Å². The van der Waals surface area contributed by atoms with Crippen LogP contribution in [0.4, 0.5) is 0 Å². The van der Waals surface area contributed by atoms with Crippen LogP contribution in [-0.4, -0.2) is 31.1 Å². The smallest absolute Gasteiger partial charge is 0.259 e. The number of nitrogens with zero attached hydrogens (tertiary/aromatic N) is 1. The van der Waals surface area contributed by atoms with E-state index in [-0.39, 0.29) is 35.7 Å². The van der Waals surface area contributed by atoms with Crippen molar-refractivity contribution in [3.63, 3.8) is 0 Å². The molecule has 0 aromatic heterocycles. The molecule has 2 amide bonds. The van der Waals surface area contributed by atoms with Gasteiger partial charge in [0.2, 0.25) is 0 Å². The second kappa shape index (κ2) is 9.65. The molecule has 158 valence electrons. The van der Waals surface area contributed by atoms with Crippen molar-refractivity contribution < 1.29 is 9.59 Å². The number of hydrogen-bond acceptors (Lipinski definition) is 5. The second-order valence-electron chi connectivity index (χ2n) is 8.40. The maximum Gasteiger partial charge on any atom is 0.259 e. The predicted octanol–water partition coefficient (Wildman–Crippen LogP) is 2.28. The molecule has 0 bridgehead atoms. The van der Waals surface area contributed by atoms with Gasteiger partial charge in [0.05, 0.1) is 12.6 Å². The van der Waals surface area contributed by atoms with Crippen molar-refractivity contribution in [1.82, 2.24) is 21.6 Å². The van der Waals surface area contributed by atoms with Gasteiger partial charge in [-0.3, -0.25) is 15.0 Å². The first-order valence-corrected chi connectivity index (χ1v) is 10.1. The Labute approximate surface area is 177 Å². The van der Waals surface area contributed by atoms with E-state index in [1.807, 2.05) is 42.5 Å². The van der Waals surface area contributed by atoms with Crippen LogP contribution in [0.5, 0.6) is 0 Å². The molecule has 0 radical (unpaired) electrons. The van der Waals surface area contributed by atoms with E-state index in [9.17, 15) is 9.59 Å². The zero-order valence-electron chi connectivity index (χ0n) is 17.6. The monoisotopic (exact) mass is 407 g/mol. The third-order valence-electron chi connectivity index (χ3n) is 5.06. The Morgan fingerprint density at radius 2 is 1.80 bits per heavy atom. The zero-order chi connectivity index (χ0) is 21.6. The minimum atomic E-state index is -0.374. The maximum absolute atomic E-state index is 12.2. The molecule has 1 heterocycles. The lowest BCUT2D eigenvalue weighted by Gasteiger charge is -2.19. The quantitative estimate of drug-likeness (QED) is 0.437. The number of hydrazone groups is 1. The van der Waals surface area contributed by atoms with Crippen LogP contribution >= 0.6 is 0 Å². The lowest BCUT2D eigenvalue weighted by molar-refractivity contribution is -0.120. The highest BCUT2D eigenvalue weighted by Crippen LogP contribution is 2.23. The average Bonchev–Trinajstić information content (AvgIpc) is 3.20. The van der Waals surface area contributed by atoms with Crippen molar-refractivity contribution in [3.05, 3.63) is 71.3 Å². The molecule has 0 spiro atoms. The fourth-order valence-electron chi connectivity index (χ4n) is 3.27. The maximum atomic E-state index is 12.2. The SMILES string of the molecule is CC(C)(C)c1ccc(C(=O)NCC(=O)N/N=C/C2CNNC2c2ccccc2)cc1. The largest absolute Gasteiger partial charge is 0.343 e.